The molecule has 1 fully saturated rings. The van der Waals surface area contributed by atoms with E-state index >= 15 is 0 Å². The highest BCUT2D eigenvalue weighted by molar-refractivity contribution is 6.19. The molecule has 1 aliphatic rings. The summed E-state index contributed by atoms with van der Waals surface area (Å²) in [5, 5.41) is 3.40. The van der Waals surface area contributed by atoms with Crippen LogP contribution in [-0.2, 0) is 0 Å². The molecule has 1 aromatic carbocycles. The Morgan fingerprint density at radius 3 is 2.50 bits per heavy atom. The second kappa shape index (κ2) is 6.07. The van der Waals surface area contributed by atoms with Crippen molar-refractivity contribution in [1.29, 1.82) is 0 Å². The van der Waals surface area contributed by atoms with Crippen LogP contribution in [0.25, 0.3) is 6.08 Å². The zero-order valence-electron chi connectivity index (χ0n) is 9.45. The first-order chi connectivity index (χ1) is 7.90. The number of benzene rings is 1. The Kier molecular flexibility index (Phi) is 4.44. The predicted octanol–water partition coefficient (Wildman–Crippen LogP) is 3.41. The molecule has 0 amide bonds. The fraction of sp³-hybridized carbons (Fsp3) is 0.429. The molecule has 86 valence electrons. The molecule has 1 aromatic rings. The highest BCUT2D eigenvalue weighted by Crippen LogP contribution is 2.25. The third-order valence-corrected chi connectivity index (χ3v) is 3.32. The van der Waals surface area contributed by atoms with Crippen LogP contribution in [0.3, 0.4) is 0 Å². The second-order valence-electron chi connectivity index (χ2n) is 4.25. The molecule has 0 bridgehead atoms. The number of nitrogens with one attached hydrogen (secondary N) is 1. The highest BCUT2D eigenvalue weighted by atomic mass is 35.5. The zero-order valence-corrected chi connectivity index (χ0v) is 10.2. The van der Waals surface area contributed by atoms with Crippen molar-refractivity contribution in [2.24, 2.45) is 0 Å². The van der Waals surface area contributed by atoms with E-state index < -0.39 is 0 Å². The van der Waals surface area contributed by atoms with E-state index in [0.29, 0.717) is 5.88 Å². The van der Waals surface area contributed by atoms with E-state index in [0.717, 1.165) is 19.0 Å². The molecule has 0 aromatic heterocycles. The molecular formula is C14H18ClN. The zero-order chi connectivity index (χ0) is 11.2. The highest BCUT2D eigenvalue weighted by Gasteiger charge is 2.14. The predicted molar refractivity (Wildman–Crippen MR) is 71.0 cm³/mol. The lowest BCUT2D eigenvalue weighted by molar-refractivity contribution is 0.460. The first-order valence-electron chi connectivity index (χ1n) is 5.93. The van der Waals surface area contributed by atoms with Gasteiger partial charge < -0.3 is 5.32 Å². The molecule has 16 heavy (non-hydrogen) atoms. The van der Waals surface area contributed by atoms with Crippen molar-refractivity contribution >= 4 is 17.7 Å². The Bertz CT molecular complexity index is 336. The smallest absolute Gasteiger partial charge is 0.0407 e. The molecule has 1 saturated heterocycles. The third-order valence-electron chi connectivity index (χ3n) is 3.15. The van der Waals surface area contributed by atoms with Crippen molar-refractivity contribution in [1.82, 2.24) is 5.32 Å². The topological polar surface area (TPSA) is 12.0 Å². The van der Waals surface area contributed by atoms with Crippen LogP contribution in [-0.4, -0.2) is 19.0 Å². The van der Waals surface area contributed by atoms with Gasteiger partial charge in [0.25, 0.3) is 0 Å². The summed E-state index contributed by atoms with van der Waals surface area (Å²) in [6.07, 6.45) is 6.56. The summed E-state index contributed by atoms with van der Waals surface area (Å²) >= 11 is 5.61. The van der Waals surface area contributed by atoms with Gasteiger partial charge in [-0.25, -0.2) is 0 Å². The van der Waals surface area contributed by atoms with Crippen molar-refractivity contribution in [3.8, 4) is 0 Å². The van der Waals surface area contributed by atoms with Crippen molar-refractivity contribution in [3.05, 3.63) is 41.5 Å². The molecular weight excluding hydrogens is 218 g/mol. The van der Waals surface area contributed by atoms with Gasteiger partial charge in [-0.3, -0.25) is 0 Å². The van der Waals surface area contributed by atoms with E-state index in [-0.39, 0.29) is 0 Å². The molecule has 0 saturated carbocycles. The molecule has 0 aliphatic carbocycles. The summed E-state index contributed by atoms with van der Waals surface area (Å²) in [6, 6.07) is 8.87. The van der Waals surface area contributed by atoms with Gasteiger partial charge in [0.2, 0.25) is 0 Å². The minimum Gasteiger partial charge on any atom is -0.317 e. The molecule has 2 rings (SSSR count). The quantitative estimate of drug-likeness (QED) is 0.792. The van der Waals surface area contributed by atoms with Crippen LogP contribution < -0.4 is 5.32 Å². The van der Waals surface area contributed by atoms with Crippen LogP contribution >= 0.6 is 11.6 Å². The van der Waals surface area contributed by atoms with Gasteiger partial charge in [0, 0.05) is 5.88 Å². The number of allylic oxidation sites excluding steroid dienone is 1. The molecule has 0 radical (unpaired) electrons. The first-order valence-corrected chi connectivity index (χ1v) is 6.47. The number of hydrogen-bond acceptors (Lipinski definition) is 1. The lowest BCUT2D eigenvalue weighted by atomic mass is 9.90. The van der Waals surface area contributed by atoms with Gasteiger partial charge >= 0.3 is 0 Å². The summed E-state index contributed by atoms with van der Waals surface area (Å²) in [5.74, 6) is 1.32. The fourth-order valence-corrected chi connectivity index (χ4v) is 2.30. The van der Waals surface area contributed by atoms with Crippen molar-refractivity contribution < 1.29 is 0 Å². The van der Waals surface area contributed by atoms with Crippen molar-refractivity contribution in [2.45, 2.75) is 18.8 Å². The van der Waals surface area contributed by atoms with Gasteiger partial charge in [-0.05, 0) is 43.0 Å². The number of hydrogen-bond donors (Lipinski definition) is 1. The summed E-state index contributed by atoms with van der Waals surface area (Å²) in [5.41, 5.74) is 2.71. The minimum atomic E-state index is 0.579. The van der Waals surface area contributed by atoms with E-state index in [9.17, 15) is 0 Å². The number of alkyl halides is 1. The fourth-order valence-electron chi connectivity index (χ4n) is 2.22. The van der Waals surface area contributed by atoms with E-state index in [1.54, 1.807) is 0 Å². The number of piperidine rings is 1. The monoisotopic (exact) mass is 235 g/mol. The van der Waals surface area contributed by atoms with Gasteiger partial charge in [0.15, 0.2) is 0 Å². The number of halogens is 1. The van der Waals surface area contributed by atoms with Crippen molar-refractivity contribution in [2.75, 3.05) is 19.0 Å². The Morgan fingerprint density at radius 2 is 1.88 bits per heavy atom. The lowest BCUT2D eigenvalue weighted by Gasteiger charge is -2.22. The van der Waals surface area contributed by atoms with E-state index in [1.165, 1.54) is 24.0 Å². The molecule has 1 heterocycles. The molecule has 1 nitrogen and oxygen atoms in total. The van der Waals surface area contributed by atoms with Crippen molar-refractivity contribution in [3.63, 3.8) is 0 Å². The van der Waals surface area contributed by atoms with Crippen LogP contribution in [0.1, 0.15) is 29.9 Å². The average Bonchev–Trinajstić information content (AvgIpc) is 2.38. The average molecular weight is 236 g/mol. The molecule has 2 heteroatoms. The van der Waals surface area contributed by atoms with E-state index in [4.69, 9.17) is 11.6 Å². The third kappa shape index (κ3) is 3.10. The van der Waals surface area contributed by atoms with E-state index in [2.05, 4.69) is 35.7 Å². The van der Waals surface area contributed by atoms with Crippen LogP contribution in [0.2, 0.25) is 0 Å². The molecule has 0 spiro atoms. The lowest BCUT2D eigenvalue weighted by Crippen LogP contribution is -2.26. The first kappa shape index (κ1) is 11.7. The Balaban J connectivity index is 2.03. The Labute approximate surface area is 103 Å². The largest absolute Gasteiger partial charge is 0.317 e. The molecule has 0 atom stereocenters. The van der Waals surface area contributed by atoms with Crippen LogP contribution in [0, 0.1) is 0 Å². The van der Waals surface area contributed by atoms with Crippen LogP contribution in [0.5, 0.6) is 0 Å². The second-order valence-corrected chi connectivity index (χ2v) is 4.56. The molecule has 1 N–H and O–H groups in total. The summed E-state index contributed by atoms with van der Waals surface area (Å²) < 4.78 is 0. The van der Waals surface area contributed by atoms with Gasteiger partial charge in [-0.15, -0.1) is 11.6 Å². The van der Waals surface area contributed by atoms with Gasteiger partial charge in [0.1, 0.15) is 0 Å². The normalized spacial score (nSPS) is 18.1. The summed E-state index contributed by atoms with van der Waals surface area (Å²) in [6.45, 7) is 2.30. The maximum atomic E-state index is 5.61. The van der Waals surface area contributed by atoms with E-state index in [1.807, 2.05) is 6.08 Å². The minimum absolute atomic E-state index is 0.579. The summed E-state index contributed by atoms with van der Waals surface area (Å²) in [4.78, 5) is 0. The molecule has 1 aliphatic heterocycles. The maximum Gasteiger partial charge on any atom is 0.0407 e. The van der Waals surface area contributed by atoms with Gasteiger partial charge in [-0.2, -0.15) is 0 Å². The van der Waals surface area contributed by atoms with Gasteiger partial charge in [0.05, 0.1) is 0 Å². The molecule has 0 unspecified atom stereocenters. The Hall–Kier alpha value is -0.790. The SMILES string of the molecule is ClCC=Cc1ccc(C2CCNCC2)cc1. The number of rotatable bonds is 3. The van der Waals surface area contributed by atoms with Crippen LogP contribution in [0.4, 0.5) is 0 Å². The Morgan fingerprint density at radius 1 is 1.19 bits per heavy atom. The van der Waals surface area contributed by atoms with Crippen LogP contribution in [0.15, 0.2) is 30.3 Å². The standard InChI is InChI=1S/C14H18ClN/c15-9-1-2-12-3-5-13(6-4-12)14-7-10-16-11-8-14/h1-6,14,16H,7-11H2. The van der Waals surface area contributed by atoms with Gasteiger partial charge in [-0.1, -0.05) is 36.4 Å². The maximum absolute atomic E-state index is 5.61. The summed E-state index contributed by atoms with van der Waals surface area (Å²) in [7, 11) is 0.